The molecule has 5 heterocycles. The van der Waals surface area contributed by atoms with E-state index in [0.29, 0.717) is 27.6 Å². The molecule has 4 aromatic rings. The van der Waals surface area contributed by atoms with Crippen LogP contribution in [-0.2, 0) is 12.6 Å². The van der Waals surface area contributed by atoms with E-state index in [0.717, 1.165) is 5.56 Å². The van der Waals surface area contributed by atoms with E-state index in [1.807, 2.05) is 25.4 Å². The van der Waals surface area contributed by atoms with Crippen LogP contribution in [0.3, 0.4) is 0 Å². The first-order valence-corrected chi connectivity index (χ1v) is 9.86. The number of alkyl halides is 3. The molecule has 0 aromatic carbocycles. The summed E-state index contributed by atoms with van der Waals surface area (Å²) in [5, 5.41) is 17.9. The Labute approximate surface area is 180 Å². The van der Waals surface area contributed by atoms with Crippen LogP contribution in [0.4, 0.5) is 13.2 Å². The highest BCUT2D eigenvalue weighted by Gasteiger charge is 2.49. The molecular weight excluding hydrogens is 423 g/mol. The third-order valence-corrected chi connectivity index (χ3v) is 5.82. The minimum absolute atomic E-state index is 0.0790. The van der Waals surface area contributed by atoms with Gasteiger partial charge in [0.05, 0.1) is 41.7 Å². The summed E-state index contributed by atoms with van der Waals surface area (Å²) in [7, 11) is 1.81. The van der Waals surface area contributed by atoms with Gasteiger partial charge in [0.25, 0.3) is 0 Å². The van der Waals surface area contributed by atoms with Gasteiger partial charge in [-0.2, -0.15) is 28.6 Å². The van der Waals surface area contributed by atoms with Gasteiger partial charge in [-0.15, -0.1) is 0 Å². The number of likely N-dealkylation sites (tertiary alicyclic amines) is 1. The Bertz CT molecular complexity index is 1330. The van der Waals surface area contributed by atoms with Gasteiger partial charge < -0.3 is 0 Å². The first-order chi connectivity index (χ1) is 15.3. The second-order valence-electron chi connectivity index (χ2n) is 7.90. The van der Waals surface area contributed by atoms with Crippen molar-refractivity contribution >= 4 is 5.65 Å². The minimum atomic E-state index is -4.45. The fourth-order valence-electron chi connectivity index (χ4n) is 4.16. The molecule has 1 aliphatic heterocycles. The smallest absolute Gasteiger partial charge is 0.284 e. The van der Waals surface area contributed by atoms with E-state index in [2.05, 4.69) is 15.2 Å². The molecule has 4 aromatic heterocycles. The summed E-state index contributed by atoms with van der Waals surface area (Å²) in [6, 6.07) is 3.87. The van der Waals surface area contributed by atoms with Crippen LogP contribution in [0.25, 0.3) is 28.3 Å². The van der Waals surface area contributed by atoms with E-state index in [1.54, 1.807) is 40.1 Å². The first-order valence-electron chi connectivity index (χ1n) is 9.86. The van der Waals surface area contributed by atoms with Crippen molar-refractivity contribution < 1.29 is 13.2 Å². The molecule has 1 aliphatic rings. The number of hydrogen-bond donors (Lipinski definition) is 0. The Kier molecular flexibility index (Phi) is 4.52. The lowest BCUT2D eigenvalue weighted by molar-refractivity contribution is -0.240. The molecule has 1 fully saturated rings. The molecule has 0 spiro atoms. The van der Waals surface area contributed by atoms with Crippen LogP contribution >= 0.6 is 0 Å². The topological polar surface area (TPSA) is 92.9 Å². The van der Waals surface area contributed by atoms with Gasteiger partial charge in [0.1, 0.15) is 11.5 Å². The second-order valence-corrected chi connectivity index (χ2v) is 7.90. The maximum Gasteiger partial charge on any atom is 0.460 e. The van der Waals surface area contributed by atoms with E-state index in [-0.39, 0.29) is 25.9 Å². The van der Waals surface area contributed by atoms with E-state index in [9.17, 15) is 18.4 Å². The fourth-order valence-corrected chi connectivity index (χ4v) is 4.16. The number of nitriles is 1. The average molecular weight is 441 g/mol. The fraction of sp³-hybridized carbons (Fsp3) is 0.350. The van der Waals surface area contributed by atoms with Crippen molar-refractivity contribution in [2.24, 2.45) is 7.05 Å². The van der Waals surface area contributed by atoms with E-state index in [1.165, 1.54) is 4.68 Å². The normalized spacial score (nSPS) is 19.6. The quantitative estimate of drug-likeness (QED) is 0.452. The van der Waals surface area contributed by atoms with Gasteiger partial charge in [-0.3, -0.25) is 13.8 Å². The monoisotopic (exact) mass is 441 g/mol. The van der Waals surface area contributed by atoms with Gasteiger partial charge in [0.2, 0.25) is 0 Å². The predicted octanol–water partition coefficient (Wildman–Crippen LogP) is 2.83. The van der Waals surface area contributed by atoms with Gasteiger partial charge in [0.15, 0.2) is 0 Å². The number of halogens is 3. The highest BCUT2D eigenvalue weighted by atomic mass is 19.4. The van der Waals surface area contributed by atoms with Crippen LogP contribution in [0.1, 0.15) is 12.8 Å². The van der Waals surface area contributed by atoms with Crippen molar-refractivity contribution in [3.8, 4) is 28.7 Å². The molecule has 0 bridgehead atoms. The molecule has 1 atom stereocenters. The molecular formula is C20H18F3N9. The van der Waals surface area contributed by atoms with E-state index < -0.39 is 11.8 Å². The van der Waals surface area contributed by atoms with Crippen molar-refractivity contribution in [1.82, 2.24) is 38.8 Å². The summed E-state index contributed by atoms with van der Waals surface area (Å²) in [6.45, 7) is -0.504. The summed E-state index contributed by atoms with van der Waals surface area (Å²) in [5.41, 5.74) is 1.69. The Morgan fingerprint density at radius 1 is 1.19 bits per heavy atom. The molecule has 9 nitrogen and oxygen atoms in total. The lowest BCUT2D eigenvalue weighted by atomic mass is 9.95. The number of aryl methyl sites for hydroxylation is 1. The van der Waals surface area contributed by atoms with Gasteiger partial charge >= 0.3 is 6.30 Å². The molecule has 0 saturated carbocycles. The maximum absolute atomic E-state index is 13.3. The lowest BCUT2D eigenvalue weighted by Gasteiger charge is -2.28. The number of imidazole rings is 1. The van der Waals surface area contributed by atoms with E-state index in [4.69, 9.17) is 4.98 Å². The Hall–Kier alpha value is -3.72. The molecule has 5 rings (SSSR count). The van der Waals surface area contributed by atoms with Crippen molar-refractivity contribution in [3.05, 3.63) is 43.2 Å². The number of rotatable bonds is 4. The van der Waals surface area contributed by atoms with Crippen molar-refractivity contribution in [2.75, 3.05) is 13.1 Å². The molecule has 12 heteroatoms. The Morgan fingerprint density at radius 2 is 2.00 bits per heavy atom. The Morgan fingerprint density at radius 3 is 2.69 bits per heavy atom. The molecule has 0 aliphatic carbocycles. The molecule has 1 saturated heterocycles. The van der Waals surface area contributed by atoms with Crippen LogP contribution in [0, 0.1) is 11.3 Å². The first kappa shape index (κ1) is 20.2. The van der Waals surface area contributed by atoms with Crippen LogP contribution in [-0.4, -0.2) is 58.2 Å². The summed E-state index contributed by atoms with van der Waals surface area (Å²) in [4.78, 5) is 9.54. The molecule has 0 amide bonds. The molecule has 164 valence electrons. The average Bonchev–Trinajstić information content (AvgIpc) is 3.52. The van der Waals surface area contributed by atoms with Crippen molar-refractivity contribution in [3.63, 3.8) is 0 Å². The number of nitrogens with zero attached hydrogens (tertiary/aromatic N) is 9. The highest BCUT2D eigenvalue weighted by Crippen LogP contribution is 2.38. The highest BCUT2D eigenvalue weighted by molar-refractivity contribution is 5.68. The summed E-state index contributed by atoms with van der Waals surface area (Å²) >= 11 is 0. The zero-order chi connectivity index (χ0) is 22.5. The minimum Gasteiger partial charge on any atom is -0.284 e. The largest absolute Gasteiger partial charge is 0.460 e. The predicted molar refractivity (Wildman–Crippen MR) is 107 cm³/mol. The molecule has 1 unspecified atom stereocenters. The zero-order valence-electron chi connectivity index (χ0n) is 17.0. The lowest BCUT2D eigenvalue weighted by Crippen LogP contribution is -2.42. The van der Waals surface area contributed by atoms with E-state index >= 15 is 0 Å². The van der Waals surface area contributed by atoms with Crippen molar-refractivity contribution in [2.45, 2.75) is 24.7 Å². The van der Waals surface area contributed by atoms with Crippen LogP contribution in [0.15, 0.2) is 43.2 Å². The van der Waals surface area contributed by atoms with Crippen molar-refractivity contribution in [1.29, 1.82) is 5.26 Å². The van der Waals surface area contributed by atoms with Crippen LogP contribution < -0.4 is 0 Å². The molecule has 0 radical (unpaired) electrons. The van der Waals surface area contributed by atoms with Gasteiger partial charge in [-0.05, 0) is 6.42 Å². The van der Waals surface area contributed by atoms with Crippen LogP contribution in [0.5, 0.6) is 0 Å². The number of fused-ring (bicyclic) bond motifs is 1. The third-order valence-electron chi connectivity index (χ3n) is 5.82. The van der Waals surface area contributed by atoms with Gasteiger partial charge in [0, 0.05) is 56.6 Å². The number of aromatic nitrogens is 7. The van der Waals surface area contributed by atoms with Gasteiger partial charge in [-0.1, -0.05) is 0 Å². The summed E-state index contributed by atoms with van der Waals surface area (Å²) < 4.78 is 44.7. The standard InChI is InChI=1S/C20H18F3N9/c1-29-11-14(9-26-29)16-8-17-25-5-7-31(17)18(28-16)15-10-27-32(12-15)19(2-4-24)3-6-30(13-19)20(21,22)23/h5,7-12H,2-3,6,13H2,1H3. The second kappa shape index (κ2) is 7.16. The maximum atomic E-state index is 13.3. The molecule has 32 heavy (non-hydrogen) atoms. The SMILES string of the molecule is Cn1cc(-c2cc3nccn3c(-c3cnn(C4(CC#N)CCN(C(F)(F)F)C4)c3)n2)cn1. The van der Waals surface area contributed by atoms with Gasteiger partial charge in [-0.25, -0.2) is 14.9 Å². The summed E-state index contributed by atoms with van der Waals surface area (Å²) in [6.07, 6.45) is 5.80. The van der Waals surface area contributed by atoms with Crippen LogP contribution in [0.2, 0.25) is 0 Å². The Balaban J connectivity index is 1.57. The molecule has 0 N–H and O–H groups in total. The summed E-state index contributed by atoms with van der Waals surface area (Å²) in [5.74, 6) is 0.544. The number of hydrogen-bond acceptors (Lipinski definition) is 6. The third kappa shape index (κ3) is 3.31. The zero-order valence-corrected chi connectivity index (χ0v) is 17.0.